The van der Waals surface area contributed by atoms with Gasteiger partial charge >= 0.3 is 5.97 Å². The molecule has 3 nitrogen and oxygen atoms in total. The first-order valence-corrected chi connectivity index (χ1v) is 6.91. The molecule has 3 rings (SSSR count). The molecule has 1 aromatic carbocycles. The number of hydrogen-bond donors (Lipinski definition) is 1. The summed E-state index contributed by atoms with van der Waals surface area (Å²) in [6, 6.07) is 7.47. The third-order valence-electron chi connectivity index (χ3n) is 4.84. The number of Topliss-reactive ketones (excluding diaryl/α,β-unsaturated/α-hetero) is 1. The summed E-state index contributed by atoms with van der Waals surface area (Å²) >= 11 is 0. The van der Waals surface area contributed by atoms with Crippen molar-refractivity contribution in [3.8, 4) is 0 Å². The Hall–Kier alpha value is -1.64. The smallest absolute Gasteiger partial charge is 0.307 e. The molecule has 0 spiro atoms. The highest BCUT2D eigenvalue weighted by molar-refractivity contribution is 6.00. The van der Waals surface area contributed by atoms with Crippen molar-refractivity contribution < 1.29 is 14.7 Å². The summed E-state index contributed by atoms with van der Waals surface area (Å²) in [7, 11) is 0. The molecule has 4 atom stereocenters. The lowest BCUT2D eigenvalue weighted by Gasteiger charge is -2.26. The van der Waals surface area contributed by atoms with Crippen LogP contribution in [0, 0.1) is 30.6 Å². The molecule has 1 aromatic rings. The number of ketones is 1. The highest BCUT2D eigenvalue weighted by Crippen LogP contribution is 2.53. The minimum absolute atomic E-state index is 0.0274. The molecule has 100 valence electrons. The van der Waals surface area contributed by atoms with Crippen LogP contribution >= 0.6 is 0 Å². The zero-order valence-electron chi connectivity index (χ0n) is 11.0. The number of aryl methyl sites for hydroxylation is 1. The molecule has 19 heavy (non-hydrogen) atoms. The largest absolute Gasteiger partial charge is 0.481 e. The third-order valence-corrected chi connectivity index (χ3v) is 4.84. The van der Waals surface area contributed by atoms with Gasteiger partial charge in [0.05, 0.1) is 5.92 Å². The Balaban J connectivity index is 1.90. The Morgan fingerprint density at radius 3 is 2.21 bits per heavy atom. The molecule has 0 aliphatic heterocycles. The van der Waals surface area contributed by atoms with Crippen LogP contribution in [0.25, 0.3) is 0 Å². The number of rotatable bonds is 3. The van der Waals surface area contributed by atoms with Gasteiger partial charge in [0.15, 0.2) is 5.78 Å². The number of hydrogen-bond acceptors (Lipinski definition) is 2. The monoisotopic (exact) mass is 258 g/mol. The maximum Gasteiger partial charge on any atom is 0.307 e. The first-order chi connectivity index (χ1) is 9.08. The SMILES string of the molecule is Cc1ccc(C(=O)[C@@H]2[C@@H]3CC[C@@H](C3)[C@H]2C(=O)O)cc1. The van der Waals surface area contributed by atoms with Crippen molar-refractivity contribution in [1.29, 1.82) is 0 Å². The minimum atomic E-state index is -0.794. The molecular weight excluding hydrogens is 240 g/mol. The fraction of sp³-hybridized carbons (Fsp3) is 0.500. The first kappa shape index (κ1) is 12.4. The van der Waals surface area contributed by atoms with Crippen LogP contribution < -0.4 is 0 Å². The van der Waals surface area contributed by atoms with Gasteiger partial charge in [-0.25, -0.2) is 0 Å². The van der Waals surface area contributed by atoms with Gasteiger partial charge in [-0.3, -0.25) is 9.59 Å². The fourth-order valence-corrected chi connectivity index (χ4v) is 3.93. The Morgan fingerprint density at radius 1 is 1.05 bits per heavy atom. The maximum absolute atomic E-state index is 12.6. The van der Waals surface area contributed by atoms with E-state index in [-0.39, 0.29) is 23.5 Å². The van der Waals surface area contributed by atoms with E-state index in [0.29, 0.717) is 5.56 Å². The standard InChI is InChI=1S/C16H18O3/c1-9-2-4-10(5-3-9)15(17)13-11-6-7-12(8-11)14(13)16(18)19/h2-5,11-14H,6-8H2,1H3,(H,18,19)/t11-,12+,13-,14-/m1/s1. The molecule has 1 N–H and O–H groups in total. The zero-order chi connectivity index (χ0) is 13.6. The average molecular weight is 258 g/mol. The van der Waals surface area contributed by atoms with Gasteiger partial charge in [-0.05, 0) is 38.0 Å². The number of carboxylic acid groups (broad SMARTS) is 1. The van der Waals surface area contributed by atoms with Crippen LogP contribution in [0.1, 0.15) is 35.2 Å². The van der Waals surface area contributed by atoms with Crippen LogP contribution in [0.15, 0.2) is 24.3 Å². The van der Waals surface area contributed by atoms with Gasteiger partial charge < -0.3 is 5.11 Å². The molecule has 0 aromatic heterocycles. The molecule has 0 saturated heterocycles. The molecule has 0 radical (unpaired) electrons. The highest BCUT2D eigenvalue weighted by atomic mass is 16.4. The van der Waals surface area contributed by atoms with Crippen LogP contribution in [0.2, 0.25) is 0 Å². The molecule has 0 unspecified atom stereocenters. The Kier molecular flexibility index (Phi) is 2.92. The lowest BCUT2D eigenvalue weighted by atomic mass is 9.75. The molecule has 2 bridgehead atoms. The molecular formula is C16H18O3. The summed E-state index contributed by atoms with van der Waals surface area (Å²) in [5, 5.41) is 9.39. The number of carbonyl (C=O) groups is 2. The van der Waals surface area contributed by atoms with E-state index in [0.717, 1.165) is 24.8 Å². The zero-order valence-corrected chi connectivity index (χ0v) is 11.0. The van der Waals surface area contributed by atoms with Gasteiger partial charge in [-0.2, -0.15) is 0 Å². The van der Waals surface area contributed by atoms with E-state index in [1.807, 2.05) is 31.2 Å². The van der Waals surface area contributed by atoms with Crippen LogP contribution in [0.5, 0.6) is 0 Å². The average Bonchev–Trinajstić information content (AvgIpc) is 2.98. The highest BCUT2D eigenvalue weighted by Gasteiger charge is 2.53. The topological polar surface area (TPSA) is 54.4 Å². The van der Waals surface area contributed by atoms with Gasteiger partial charge in [0.2, 0.25) is 0 Å². The van der Waals surface area contributed by atoms with E-state index in [9.17, 15) is 14.7 Å². The van der Waals surface area contributed by atoms with Crippen molar-refractivity contribution in [2.24, 2.45) is 23.7 Å². The molecule has 2 aliphatic rings. The van der Waals surface area contributed by atoms with E-state index in [1.54, 1.807) is 0 Å². The lowest BCUT2D eigenvalue weighted by Crippen LogP contribution is -2.34. The van der Waals surface area contributed by atoms with E-state index in [1.165, 1.54) is 0 Å². The Morgan fingerprint density at radius 2 is 1.63 bits per heavy atom. The van der Waals surface area contributed by atoms with Gasteiger partial charge in [-0.15, -0.1) is 0 Å². The van der Waals surface area contributed by atoms with Crippen molar-refractivity contribution in [2.45, 2.75) is 26.2 Å². The Bertz CT molecular complexity index is 517. The van der Waals surface area contributed by atoms with Crippen molar-refractivity contribution in [3.05, 3.63) is 35.4 Å². The van der Waals surface area contributed by atoms with Crippen LogP contribution in [-0.4, -0.2) is 16.9 Å². The van der Waals surface area contributed by atoms with E-state index in [4.69, 9.17) is 0 Å². The minimum Gasteiger partial charge on any atom is -0.481 e. The first-order valence-electron chi connectivity index (χ1n) is 6.91. The van der Waals surface area contributed by atoms with Crippen molar-refractivity contribution in [3.63, 3.8) is 0 Å². The quantitative estimate of drug-likeness (QED) is 0.848. The summed E-state index contributed by atoms with van der Waals surface area (Å²) in [4.78, 5) is 24.0. The molecule has 2 fully saturated rings. The second-order valence-corrected chi connectivity index (χ2v) is 5.95. The normalized spacial score (nSPS) is 32.5. The Labute approximate surface area is 112 Å². The maximum atomic E-state index is 12.6. The number of carboxylic acids is 1. The van der Waals surface area contributed by atoms with Gasteiger partial charge in [-0.1, -0.05) is 29.8 Å². The van der Waals surface area contributed by atoms with Crippen molar-refractivity contribution >= 4 is 11.8 Å². The predicted molar refractivity (Wildman–Crippen MR) is 71.0 cm³/mol. The van der Waals surface area contributed by atoms with Crippen LogP contribution in [0.4, 0.5) is 0 Å². The van der Waals surface area contributed by atoms with E-state index < -0.39 is 11.9 Å². The summed E-state index contributed by atoms with van der Waals surface area (Å²) in [6.07, 6.45) is 2.90. The van der Waals surface area contributed by atoms with Crippen molar-refractivity contribution in [1.82, 2.24) is 0 Å². The van der Waals surface area contributed by atoms with Crippen molar-refractivity contribution in [2.75, 3.05) is 0 Å². The summed E-state index contributed by atoms with van der Waals surface area (Å²) < 4.78 is 0. The van der Waals surface area contributed by atoms with Crippen LogP contribution in [0.3, 0.4) is 0 Å². The summed E-state index contributed by atoms with van der Waals surface area (Å²) in [5.74, 6) is -1.05. The number of carbonyl (C=O) groups excluding carboxylic acids is 1. The van der Waals surface area contributed by atoms with E-state index >= 15 is 0 Å². The molecule has 0 amide bonds. The number of aliphatic carboxylic acids is 1. The molecule has 2 aliphatic carbocycles. The van der Waals surface area contributed by atoms with E-state index in [2.05, 4.69) is 0 Å². The molecule has 2 saturated carbocycles. The lowest BCUT2D eigenvalue weighted by molar-refractivity contribution is -0.144. The number of benzene rings is 1. The second kappa shape index (κ2) is 4.48. The van der Waals surface area contributed by atoms with Gasteiger partial charge in [0, 0.05) is 11.5 Å². The molecule has 3 heteroatoms. The summed E-state index contributed by atoms with van der Waals surface area (Å²) in [5.41, 5.74) is 1.77. The van der Waals surface area contributed by atoms with Crippen LogP contribution in [-0.2, 0) is 4.79 Å². The predicted octanol–water partition coefficient (Wildman–Crippen LogP) is 2.92. The third kappa shape index (κ3) is 1.97. The fourth-order valence-electron chi connectivity index (χ4n) is 3.93. The second-order valence-electron chi connectivity index (χ2n) is 5.95. The van der Waals surface area contributed by atoms with Gasteiger partial charge in [0.25, 0.3) is 0 Å². The summed E-state index contributed by atoms with van der Waals surface area (Å²) in [6.45, 7) is 1.98. The van der Waals surface area contributed by atoms with Gasteiger partial charge in [0.1, 0.15) is 0 Å². The number of fused-ring (bicyclic) bond motifs is 2. The molecule has 0 heterocycles.